The Bertz CT molecular complexity index is 706. The number of hydrogen-bond acceptors (Lipinski definition) is 3. The number of hydrogen-bond donors (Lipinski definition) is 2. The molecular weight excluding hydrogens is 278 g/mol. The molecule has 0 aliphatic carbocycles. The maximum atomic E-state index is 6.05. The Morgan fingerprint density at radius 1 is 1.21 bits per heavy atom. The van der Waals surface area contributed by atoms with Crippen molar-refractivity contribution >= 4 is 40.0 Å². The number of anilines is 1. The molecule has 3 nitrogen and oxygen atoms in total. The zero-order valence-electron chi connectivity index (χ0n) is 10.1. The van der Waals surface area contributed by atoms with Crippen LogP contribution < -0.4 is 5.73 Å². The second-order valence-electron chi connectivity index (χ2n) is 4.26. The van der Waals surface area contributed by atoms with Crippen LogP contribution in [0.4, 0.5) is 5.69 Å². The number of rotatable bonds is 3. The van der Waals surface area contributed by atoms with Gasteiger partial charge in [0.25, 0.3) is 0 Å². The molecule has 1 aromatic heterocycles. The van der Waals surface area contributed by atoms with Gasteiger partial charge in [0.2, 0.25) is 0 Å². The van der Waals surface area contributed by atoms with E-state index in [4.69, 9.17) is 17.3 Å². The minimum Gasteiger partial charge on any atom is -0.398 e. The van der Waals surface area contributed by atoms with E-state index in [2.05, 4.69) is 10.2 Å². The summed E-state index contributed by atoms with van der Waals surface area (Å²) in [5.41, 5.74) is 9.06. The van der Waals surface area contributed by atoms with Gasteiger partial charge in [0.1, 0.15) is 0 Å². The molecule has 1 heterocycles. The van der Waals surface area contributed by atoms with Crippen LogP contribution in [-0.2, 0) is 5.75 Å². The predicted octanol–water partition coefficient (Wildman–Crippen LogP) is 4.09. The van der Waals surface area contributed by atoms with E-state index in [0.717, 1.165) is 32.3 Å². The van der Waals surface area contributed by atoms with Gasteiger partial charge in [0, 0.05) is 26.7 Å². The summed E-state index contributed by atoms with van der Waals surface area (Å²) in [4.78, 5) is 1.06. The second kappa shape index (κ2) is 5.15. The monoisotopic (exact) mass is 289 g/mol. The van der Waals surface area contributed by atoms with Crippen LogP contribution >= 0.6 is 23.4 Å². The number of thioether (sulfide) groups is 1. The number of aromatic amines is 1. The Balaban J connectivity index is 1.80. The third-order valence-electron chi connectivity index (χ3n) is 2.88. The highest BCUT2D eigenvalue weighted by atomic mass is 35.5. The van der Waals surface area contributed by atoms with Crippen molar-refractivity contribution in [2.24, 2.45) is 0 Å². The van der Waals surface area contributed by atoms with Gasteiger partial charge >= 0.3 is 0 Å². The first kappa shape index (κ1) is 12.4. The molecule has 0 atom stereocenters. The molecule has 3 aromatic rings. The average Bonchev–Trinajstić information content (AvgIpc) is 2.85. The summed E-state index contributed by atoms with van der Waals surface area (Å²) in [6, 6.07) is 11.8. The van der Waals surface area contributed by atoms with E-state index in [1.54, 1.807) is 18.0 Å². The first-order valence-corrected chi connectivity index (χ1v) is 7.18. The molecule has 19 heavy (non-hydrogen) atoms. The molecule has 2 aromatic carbocycles. The quantitative estimate of drug-likeness (QED) is 0.564. The second-order valence-corrected chi connectivity index (χ2v) is 5.72. The van der Waals surface area contributed by atoms with E-state index in [1.165, 1.54) is 5.56 Å². The van der Waals surface area contributed by atoms with Crippen LogP contribution in [0, 0.1) is 0 Å². The van der Waals surface area contributed by atoms with Crippen LogP contribution in [0.15, 0.2) is 47.5 Å². The fourth-order valence-corrected chi connectivity index (χ4v) is 2.92. The molecule has 0 aliphatic heterocycles. The van der Waals surface area contributed by atoms with E-state index in [9.17, 15) is 0 Å². The van der Waals surface area contributed by atoms with Crippen molar-refractivity contribution in [2.75, 3.05) is 5.73 Å². The molecule has 0 fully saturated rings. The molecule has 0 radical (unpaired) electrons. The number of fused-ring (bicyclic) bond motifs is 1. The van der Waals surface area contributed by atoms with Gasteiger partial charge in [0.05, 0.1) is 11.7 Å². The molecule has 0 bridgehead atoms. The number of nitrogen functional groups attached to an aromatic ring is 1. The van der Waals surface area contributed by atoms with Crippen molar-refractivity contribution in [3.8, 4) is 0 Å². The maximum absolute atomic E-state index is 6.05. The highest BCUT2D eigenvalue weighted by Gasteiger charge is 2.05. The van der Waals surface area contributed by atoms with E-state index in [1.807, 2.05) is 36.4 Å². The van der Waals surface area contributed by atoms with Crippen LogP contribution in [0.3, 0.4) is 0 Å². The topological polar surface area (TPSA) is 54.7 Å². The number of halogens is 1. The molecule has 0 aliphatic rings. The zero-order chi connectivity index (χ0) is 13.2. The van der Waals surface area contributed by atoms with Gasteiger partial charge in [-0.15, -0.1) is 11.8 Å². The van der Waals surface area contributed by atoms with Crippen molar-refractivity contribution in [1.82, 2.24) is 10.2 Å². The van der Waals surface area contributed by atoms with Crippen LogP contribution in [-0.4, -0.2) is 10.2 Å². The van der Waals surface area contributed by atoms with Gasteiger partial charge in [-0.25, -0.2) is 0 Å². The van der Waals surface area contributed by atoms with E-state index >= 15 is 0 Å². The van der Waals surface area contributed by atoms with Crippen LogP contribution in [0.25, 0.3) is 10.9 Å². The standard InChI is InChI=1S/C14H12ClN3S/c15-11-3-1-9(2-4-11)8-19-14-6-13-10(5-12(14)16)7-17-18-13/h1-7H,8,16H2,(H,17,18). The van der Waals surface area contributed by atoms with Crippen molar-refractivity contribution in [2.45, 2.75) is 10.6 Å². The van der Waals surface area contributed by atoms with Gasteiger partial charge in [-0.2, -0.15) is 5.10 Å². The van der Waals surface area contributed by atoms with Crippen LogP contribution in [0.1, 0.15) is 5.56 Å². The Kier molecular flexibility index (Phi) is 3.36. The average molecular weight is 290 g/mol. The molecule has 0 saturated heterocycles. The number of nitrogens with zero attached hydrogens (tertiary/aromatic N) is 1. The molecule has 96 valence electrons. The Hall–Kier alpha value is -1.65. The normalized spacial score (nSPS) is 11.0. The molecule has 3 N–H and O–H groups in total. The maximum Gasteiger partial charge on any atom is 0.0662 e. The van der Waals surface area contributed by atoms with Crippen LogP contribution in [0.5, 0.6) is 0 Å². The molecular formula is C14H12ClN3S. The number of H-pyrrole nitrogens is 1. The fourth-order valence-electron chi connectivity index (χ4n) is 1.86. The van der Waals surface area contributed by atoms with E-state index in [-0.39, 0.29) is 0 Å². The molecule has 0 amide bonds. The first-order valence-electron chi connectivity index (χ1n) is 5.82. The lowest BCUT2D eigenvalue weighted by atomic mass is 10.2. The van der Waals surface area contributed by atoms with E-state index < -0.39 is 0 Å². The Labute approximate surface area is 120 Å². The lowest BCUT2D eigenvalue weighted by Crippen LogP contribution is -1.89. The third-order valence-corrected chi connectivity index (χ3v) is 4.27. The summed E-state index contributed by atoms with van der Waals surface area (Å²) in [7, 11) is 0. The zero-order valence-corrected chi connectivity index (χ0v) is 11.6. The van der Waals surface area contributed by atoms with E-state index in [0.29, 0.717) is 0 Å². The summed E-state index contributed by atoms with van der Waals surface area (Å²) in [6.07, 6.45) is 1.78. The van der Waals surface area contributed by atoms with Crippen molar-refractivity contribution in [3.63, 3.8) is 0 Å². The lowest BCUT2D eigenvalue weighted by molar-refractivity contribution is 1.12. The summed E-state index contributed by atoms with van der Waals surface area (Å²) < 4.78 is 0. The minimum absolute atomic E-state index is 0.757. The molecule has 5 heteroatoms. The number of benzene rings is 2. The SMILES string of the molecule is Nc1cc2cn[nH]c2cc1SCc1ccc(Cl)cc1. The number of aromatic nitrogens is 2. The third kappa shape index (κ3) is 2.69. The highest BCUT2D eigenvalue weighted by molar-refractivity contribution is 7.98. The first-order chi connectivity index (χ1) is 9.22. The fraction of sp³-hybridized carbons (Fsp3) is 0.0714. The van der Waals surface area contributed by atoms with Gasteiger partial charge in [-0.3, -0.25) is 5.10 Å². The van der Waals surface area contributed by atoms with Gasteiger partial charge in [-0.1, -0.05) is 23.7 Å². The molecule has 3 rings (SSSR count). The Morgan fingerprint density at radius 3 is 2.79 bits per heavy atom. The molecule has 0 unspecified atom stereocenters. The Morgan fingerprint density at radius 2 is 2.00 bits per heavy atom. The lowest BCUT2D eigenvalue weighted by Gasteiger charge is -2.06. The van der Waals surface area contributed by atoms with Gasteiger partial charge in [0.15, 0.2) is 0 Å². The number of nitrogens with two attached hydrogens (primary N) is 1. The summed E-state index contributed by atoms with van der Waals surface area (Å²) >= 11 is 7.58. The summed E-state index contributed by atoms with van der Waals surface area (Å²) in [5.74, 6) is 0.862. The summed E-state index contributed by atoms with van der Waals surface area (Å²) in [6.45, 7) is 0. The molecule has 0 spiro atoms. The predicted molar refractivity (Wildman–Crippen MR) is 81.5 cm³/mol. The molecule has 0 saturated carbocycles. The van der Waals surface area contributed by atoms with Crippen molar-refractivity contribution < 1.29 is 0 Å². The number of nitrogens with one attached hydrogen (secondary N) is 1. The van der Waals surface area contributed by atoms with Crippen molar-refractivity contribution in [1.29, 1.82) is 0 Å². The minimum atomic E-state index is 0.757. The van der Waals surface area contributed by atoms with Crippen LogP contribution in [0.2, 0.25) is 5.02 Å². The largest absolute Gasteiger partial charge is 0.398 e. The van der Waals surface area contributed by atoms with Gasteiger partial charge < -0.3 is 5.73 Å². The van der Waals surface area contributed by atoms with Gasteiger partial charge in [-0.05, 0) is 29.8 Å². The summed E-state index contributed by atoms with van der Waals surface area (Å²) in [5, 5.41) is 8.76. The highest BCUT2D eigenvalue weighted by Crippen LogP contribution is 2.31. The smallest absolute Gasteiger partial charge is 0.0662 e. The van der Waals surface area contributed by atoms with Crippen molar-refractivity contribution in [3.05, 3.63) is 53.2 Å².